The third kappa shape index (κ3) is 4.83. The second kappa shape index (κ2) is 8.50. The summed E-state index contributed by atoms with van der Waals surface area (Å²) in [4.78, 5) is 22.7. The van der Waals surface area contributed by atoms with Crippen molar-refractivity contribution in [3.05, 3.63) is 51.8 Å². The van der Waals surface area contributed by atoms with Gasteiger partial charge in [-0.1, -0.05) is 29.3 Å². The van der Waals surface area contributed by atoms with Gasteiger partial charge in [0.1, 0.15) is 0 Å². The van der Waals surface area contributed by atoms with E-state index in [1.807, 2.05) is 17.0 Å². The van der Waals surface area contributed by atoms with Crippen molar-refractivity contribution in [3.8, 4) is 0 Å². The molecule has 0 aliphatic carbocycles. The van der Waals surface area contributed by atoms with Gasteiger partial charge in [0.05, 0.1) is 5.56 Å². The Kier molecular flexibility index (Phi) is 6.10. The first-order valence-electron chi connectivity index (χ1n) is 8.42. The zero-order valence-corrected chi connectivity index (χ0v) is 15.4. The predicted octanol–water partition coefficient (Wildman–Crippen LogP) is 4.06. The van der Waals surface area contributed by atoms with Crippen LogP contribution in [0.15, 0.2) is 30.6 Å². The summed E-state index contributed by atoms with van der Waals surface area (Å²) >= 11 is 12.0. The van der Waals surface area contributed by atoms with E-state index in [1.165, 1.54) is 6.42 Å². The second-order valence-electron chi connectivity index (χ2n) is 6.06. The average Bonchev–Trinajstić information content (AvgIpc) is 2.64. The van der Waals surface area contributed by atoms with Gasteiger partial charge in [0.25, 0.3) is 5.91 Å². The standard InChI is InChI=1S/C18H20Cl2N4O/c19-15-5-4-13(16(20)10-15)6-7-21-18-22-11-14(12-23-18)17(25)24-8-2-1-3-9-24/h4-5,10-12H,1-3,6-9H2,(H,21,22,23). The molecule has 2 aromatic rings. The fourth-order valence-corrected chi connectivity index (χ4v) is 3.35. The number of piperidine rings is 1. The van der Waals surface area contributed by atoms with Gasteiger partial charge in [-0.15, -0.1) is 0 Å². The maximum Gasteiger partial charge on any atom is 0.256 e. The van der Waals surface area contributed by atoms with Crippen molar-refractivity contribution in [2.24, 2.45) is 0 Å². The number of aromatic nitrogens is 2. The topological polar surface area (TPSA) is 58.1 Å². The quantitative estimate of drug-likeness (QED) is 0.851. The molecule has 1 saturated heterocycles. The Bertz CT molecular complexity index is 730. The Morgan fingerprint density at radius 2 is 1.84 bits per heavy atom. The summed E-state index contributed by atoms with van der Waals surface area (Å²) in [6, 6.07) is 5.46. The van der Waals surface area contributed by atoms with E-state index in [1.54, 1.807) is 18.5 Å². The van der Waals surface area contributed by atoms with Gasteiger partial charge in [-0.25, -0.2) is 9.97 Å². The number of likely N-dealkylation sites (tertiary alicyclic amines) is 1. The molecule has 1 aromatic heterocycles. The van der Waals surface area contributed by atoms with Crippen molar-refractivity contribution in [2.45, 2.75) is 25.7 Å². The fraction of sp³-hybridized carbons (Fsp3) is 0.389. The van der Waals surface area contributed by atoms with Gasteiger partial charge in [-0.2, -0.15) is 0 Å². The molecular formula is C18H20Cl2N4O. The molecule has 0 radical (unpaired) electrons. The number of carbonyl (C=O) groups excluding carboxylic acids is 1. The molecule has 1 aliphatic heterocycles. The second-order valence-corrected chi connectivity index (χ2v) is 6.90. The van der Waals surface area contributed by atoms with Gasteiger partial charge < -0.3 is 10.2 Å². The molecule has 1 N–H and O–H groups in total. The zero-order valence-electron chi connectivity index (χ0n) is 13.8. The Balaban J connectivity index is 1.53. The van der Waals surface area contributed by atoms with E-state index in [-0.39, 0.29) is 5.91 Å². The van der Waals surface area contributed by atoms with Crippen molar-refractivity contribution in [2.75, 3.05) is 25.0 Å². The van der Waals surface area contributed by atoms with E-state index < -0.39 is 0 Å². The van der Waals surface area contributed by atoms with Crippen molar-refractivity contribution in [1.82, 2.24) is 14.9 Å². The number of halogens is 2. The lowest BCUT2D eigenvalue weighted by Gasteiger charge is -2.26. The zero-order chi connectivity index (χ0) is 17.6. The lowest BCUT2D eigenvalue weighted by Crippen LogP contribution is -2.35. The summed E-state index contributed by atoms with van der Waals surface area (Å²) in [5, 5.41) is 4.42. The number of hydrogen-bond donors (Lipinski definition) is 1. The van der Waals surface area contributed by atoms with Gasteiger partial charge in [0.2, 0.25) is 5.95 Å². The number of carbonyl (C=O) groups is 1. The number of benzene rings is 1. The normalized spacial score (nSPS) is 14.4. The monoisotopic (exact) mass is 378 g/mol. The molecule has 7 heteroatoms. The van der Waals surface area contributed by atoms with Crippen LogP contribution in [0.1, 0.15) is 35.2 Å². The van der Waals surface area contributed by atoms with E-state index in [0.717, 1.165) is 37.9 Å². The molecule has 5 nitrogen and oxygen atoms in total. The Morgan fingerprint density at radius 3 is 2.52 bits per heavy atom. The van der Waals surface area contributed by atoms with Crippen LogP contribution in [0.5, 0.6) is 0 Å². The first-order chi connectivity index (χ1) is 12.1. The molecule has 3 rings (SSSR count). The number of amides is 1. The minimum atomic E-state index is 0.0131. The maximum atomic E-state index is 12.4. The summed E-state index contributed by atoms with van der Waals surface area (Å²) < 4.78 is 0. The lowest BCUT2D eigenvalue weighted by molar-refractivity contribution is 0.0723. The van der Waals surface area contributed by atoms with Gasteiger partial charge >= 0.3 is 0 Å². The average molecular weight is 379 g/mol. The number of nitrogens with zero attached hydrogens (tertiary/aromatic N) is 3. The Hall–Kier alpha value is -1.85. The SMILES string of the molecule is O=C(c1cnc(NCCc2ccc(Cl)cc2Cl)nc1)N1CCCCC1. The van der Waals surface area contributed by atoms with Crippen LogP contribution in [0.3, 0.4) is 0 Å². The highest BCUT2D eigenvalue weighted by Gasteiger charge is 2.18. The highest BCUT2D eigenvalue weighted by Crippen LogP contribution is 2.21. The van der Waals surface area contributed by atoms with Crippen LogP contribution in [-0.2, 0) is 6.42 Å². The number of nitrogens with one attached hydrogen (secondary N) is 1. The largest absolute Gasteiger partial charge is 0.354 e. The highest BCUT2D eigenvalue weighted by molar-refractivity contribution is 6.35. The van der Waals surface area contributed by atoms with Gasteiger partial charge in [-0.05, 0) is 43.4 Å². The molecule has 0 saturated carbocycles. The molecule has 1 amide bonds. The Labute approximate surface area is 157 Å². The van der Waals surface area contributed by atoms with Gasteiger partial charge in [-0.3, -0.25) is 4.79 Å². The summed E-state index contributed by atoms with van der Waals surface area (Å²) in [6.45, 7) is 2.28. The number of rotatable bonds is 5. The van der Waals surface area contributed by atoms with Crippen LogP contribution >= 0.6 is 23.2 Å². The van der Waals surface area contributed by atoms with Gasteiger partial charge in [0, 0.05) is 42.1 Å². The first kappa shape index (κ1) is 18.0. The van der Waals surface area contributed by atoms with Crippen molar-refractivity contribution >= 4 is 35.1 Å². The molecule has 0 atom stereocenters. The van der Waals surface area contributed by atoms with Crippen LogP contribution < -0.4 is 5.32 Å². The lowest BCUT2D eigenvalue weighted by atomic mass is 10.1. The summed E-state index contributed by atoms with van der Waals surface area (Å²) in [7, 11) is 0. The van der Waals surface area contributed by atoms with Crippen LogP contribution in [0.25, 0.3) is 0 Å². The molecule has 1 fully saturated rings. The third-order valence-electron chi connectivity index (χ3n) is 4.23. The molecular weight excluding hydrogens is 359 g/mol. The van der Waals surface area contributed by atoms with Crippen LogP contribution in [-0.4, -0.2) is 40.4 Å². The molecule has 2 heterocycles. The van der Waals surface area contributed by atoms with E-state index in [2.05, 4.69) is 15.3 Å². The molecule has 0 unspecified atom stereocenters. The fourth-order valence-electron chi connectivity index (χ4n) is 2.84. The minimum absolute atomic E-state index is 0.0131. The summed E-state index contributed by atoms with van der Waals surface area (Å²) in [5.41, 5.74) is 1.55. The summed E-state index contributed by atoms with van der Waals surface area (Å²) in [5.74, 6) is 0.513. The summed E-state index contributed by atoms with van der Waals surface area (Å²) in [6.07, 6.45) is 7.23. The van der Waals surface area contributed by atoms with E-state index in [4.69, 9.17) is 23.2 Å². The molecule has 25 heavy (non-hydrogen) atoms. The Morgan fingerprint density at radius 1 is 1.12 bits per heavy atom. The molecule has 1 aromatic carbocycles. The van der Waals surface area contributed by atoms with Crippen LogP contribution in [0.2, 0.25) is 10.0 Å². The molecule has 0 bridgehead atoms. The molecule has 1 aliphatic rings. The van der Waals surface area contributed by atoms with Crippen molar-refractivity contribution in [3.63, 3.8) is 0 Å². The minimum Gasteiger partial charge on any atom is -0.354 e. The van der Waals surface area contributed by atoms with E-state index >= 15 is 0 Å². The smallest absolute Gasteiger partial charge is 0.256 e. The van der Waals surface area contributed by atoms with Crippen molar-refractivity contribution < 1.29 is 4.79 Å². The van der Waals surface area contributed by atoms with Crippen LogP contribution in [0, 0.1) is 0 Å². The predicted molar refractivity (Wildman–Crippen MR) is 100 cm³/mol. The van der Waals surface area contributed by atoms with E-state index in [9.17, 15) is 4.79 Å². The molecule has 0 spiro atoms. The maximum absolute atomic E-state index is 12.4. The molecule has 132 valence electrons. The number of anilines is 1. The van der Waals surface area contributed by atoms with E-state index in [0.29, 0.717) is 28.1 Å². The van der Waals surface area contributed by atoms with Gasteiger partial charge in [0.15, 0.2) is 0 Å². The third-order valence-corrected chi connectivity index (χ3v) is 4.82. The number of hydrogen-bond acceptors (Lipinski definition) is 4. The van der Waals surface area contributed by atoms with Crippen LogP contribution in [0.4, 0.5) is 5.95 Å². The highest BCUT2D eigenvalue weighted by atomic mass is 35.5. The van der Waals surface area contributed by atoms with Crippen molar-refractivity contribution in [1.29, 1.82) is 0 Å². The first-order valence-corrected chi connectivity index (χ1v) is 9.18.